The molecule has 3 heteroatoms. The first-order valence-electron chi connectivity index (χ1n) is 14.8. The van der Waals surface area contributed by atoms with E-state index in [4.69, 9.17) is 10.2 Å². The number of aliphatic hydroxyl groups excluding tert-OH is 2. The van der Waals surface area contributed by atoms with Gasteiger partial charge in [-0.15, -0.1) is 0 Å². The van der Waals surface area contributed by atoms with Gasteiger partial charge in [-0.25, -0.2) is 0 Å². The second kappa shape index (κ2) is 28.9. The van der Waals surface area contributed by atoms with Gasteiger partial charge in [0, 0.05) is 13.2 Å². The number of unbranched alkanes of at least 4 members (excludes halogenated alkanes) is 20. The van der Waals surface area contributed by atoms with E-state index in [0.717, 1.165) is 12.8 Å². The summed E-state index contributed by atoms with van der Waals surface area (Å²) in [5, 5.41) is 17.7. The third-order valence-corrected chi connectivity index (χ3v) is 6.84. The summed E-state index contributed by atoms with van der Waals surface area (Å²) >= 11 is 0. The number of nitrogens with zero attached hydrogens (tertiary/aromatic N) is 1. The summed E-state index contributed by atoms with van der Waals surface area (Å²) in [5.41, 5.74) is 0. The highest BCUT2D eigenvalue weighted by atomic mass is 16.3. The zero-order valence-electron chi connectivity index (χ0n) is 22.1. The average molecular weight is 456 g/mol. The molecular formula is C29H61NO2. The van der Waals surface area contributed by atoms with E-state index in [-0.39, 0.29) is 0 Å². The molecule has 194 valence electrons. The predicted molar refractivity (Wildman–Crippen MR) is 142 cm³/mol. The molecule has 2 N–H and O–H groups in total. The zero-order valence-corrected chi connectivity index (χ0v) is 22.1. The molecule has 0 aliphatic heterocycles. The van der Waals surface area contributed by atoms with Gasteiger partial charge in [-0.3, -0.25) is 0 Å². The van der Waals surface area contributed by atoms with Gasteiger partial charge in [0.1, 0.15) is 0 Å². The van der Waals surface area contributed by atoms with Gasteiger partial charge in [0.15, 0.2) is 0 Å². The lowest BCUT2D eigenvalue weighted by Crippen LogP contribution is -2.27. The van der Waals surface area contributed by atoms with Gasteiger partial charge in [-0.1, -0.05) is 122 Å². The molecule has 0 aromatic rings. The molecule has 0 aliphatic rings. The first kappa shape index (κ1) is 31.9. The predicted octanol–water partition coefficient (Wildman–Crippen LogP) is 8.27. The Morgan fingerprint density at radius 2 is 0.594 bits per heavy atom. The fraction of sp³-hybridized carbons (Fsp3) is 1.00. The summed E-state index contributed by atoms with van der Waals surface area (Å²) in [7, 11) is 0. The van der Waals surface area contributed by atoms with Crippen molar-refractivity contribution < 1.29 is 10.2 Å². The van der Waals surface area contributed by atoms with Gasteiger partial charge in [-0.05, 0) is 51.7 Å². The Hall–Kier alpha value is -0.120. The summed E-state index contributed by atoms with van der Waals surface area (Å²) in [6, 6.07) is 0. The smallest absolute Gasteiger partial charge is 0.0431 e. The molecule has 0 saturated heterocycles. The summed E-state index contributed by atoms with van der Waals surface area (Å²) in [6.07, 6.45) is 30.6. The molecule has 0 rings (SSSR count). The topological polar surface area (TPSA) is 43.7 Å². The van der Waals surface area contributed by atoms with Crippen molar-refractivity contribution in [3.05, 3.63) is 0 Å². The summed E-state index contributed by atoms with van der Waals surface area (Å²) in [4.78, 5) is 2.77. The molecule has 0 amide bonds. The Morgan fingerprint density at radius 3 is 0.875 bits per heavy atom. The van der Waals surface area contributed by atoms with Crippen LogP contribution in [0.15, 0.2) is 0 Å². The normalized spacial score (nSPS) is 11.6. The Balaban J connectivity index is 3.74. The Bertz CT molecular complexity index is 300. The Kier molecular flexibility index (Phi) is 28.8. The summed E-state index contributed by atoms with van der Waals surface area (Å²) in [5.74, 6) is 0. The fourth-order valence-corrected chi connectivity index (χ4v) is 4.64. The van der Waals surface area contributed by atoms with Crippen molar-refractivity contribution in [3.8, 4) is 0 Å². The molecule has 0 unspecified atom stereocenters. The van der Waals surface area contributed by atoms with Crippen LogP contribution in [0.25, 0.3) is 0 Å². The third-order valence-electron chi connectivity index (χ3n) is 6.84. The maximum Gasteiger partial charge on any atom is 0.0431 e. The van der Waals surface area contributed by atoms with Crippen LogP contribution in [0.2, 0.25) is 0 Å². The van der Waals surface area contributed by atoms with Crippen LogP contribution in [0.3, 0.4) is 0 Å². The van der Waals surface area contributed by atoms with Crippen LogP contribution in [0.5, 0.6) is 0 Å². The van der Waals surface area contributed by atoms with Crippen LogP contribution < -0.4 is 0 Å². The largest absolute Gasteiger partial charge is 0.396 e. The van der Waals surface area contributed by atoms with Crippen molar-refractivity contribution >= 4 is 0 Å². The zero-order chi connectivity index (χ0) is 23.4. The second-order valence-electron chi connectivity index (χ2n) is 10.1. The van der Waals surface area contributed by atoms with Crippen LogP contribution >= 0.6 is 0 Å². The minimum absolute atomic E-state index is 0.362. The van der Waals surface area contributed by atoms with Crippen molar-refractivity contribution in [2.24, 2.45) is 0 Å². The van der Waals surface area contributed by atoms with Gasteiger partial charge in [0.25, 0.3) is 0 Å². The van der Waals surface area contributed by atoms with Gasteiger partial charge in [0.2, 0.25) is 0 Å². The average Bonchev–Trinajstić information content (AvgIpc) is 2.80. The maximum atomic E-state index is 8.83. The van der Waals surface area contributed by atoms with Gasteiger partial charge in [0.05, 0.1) is 0 Å². The number of hydrogen-bond acceptors (Lipinski definition) is 3. The minimum Gasteiger partial charge on any atom is -0.396 e. The van der Waals surface area contributed by atoms with Crippen molar-refractivity contribution in [1.29, 1.82) is 0 Å². The molecule has 0 aliphatic carbocycles. The lowest BCUT2D eigenvalue weighted by Gasteiger charge is -2.22. The maximum absolute atomic E-state index is 8.83. The van der Waals surface area contributed by atoms with E-state index in [2.05, 4.69) is 11.8 Å². The molecule has 0 radical (unpaired) electrons. The first-order chi connectivity index (χ1) is 15.8. The van der Waals surface area contributed by atoms with Crippen molar-refractivity contribution in [2.45, 2.75) is 155 Å². The highest BCUT2D eigenvalue weighted by molar-refractivity contribution is 4.60. The van der Waals surface area contributed by atoms with Gasteiger partial charge in [-0.2, -0.15) is 0 Å². The third kappa shape index (κ3) is 26.1. The van der Waals surface area contributed by atoms with Crippen LogP contribution in [-0.2, 0) is 0 Å². The van der Waals surface area contributed by atoms with E-state index < -0.39 is 0 Å². The van der Waals surface area contributed by atoms with Gasteiger partial charge < -0.3 is 15.1 Å². The molecule has 0 aromatic carbocycles. The van der Waals surface area contributed by atoms with E-state index >= 15 is 0 Å². The summed E-state index contributed by atoms with van der Waals surface area (Å²) in [6.45, 7) is 6.97. The van der Waals surface area contributed by atoms with E-state index in [9.17, 15) is 0 Å². The second-order valence-corrected chi connectivity index (χ2v) is 10.1. The Labute approximate surface area is 202 Å². The van der Waals surface area contributed by atoms with Crippen molar-refractivity contribution in [1.82, 2.24) is 4.90 Å². The standard InChI is InChI=1S/C29H61NO2/c1-2-3-4-15-20-25-30(26-21-16-11-7-5-9-13-18-23-28-31)27-22-17-12-8-6-10-14-19-24-29-32/h31-32H,2-29H2,1H3. The summed E-state index contributed by atoms with van der Waals surface area (Å²) < 4.78 is 0. The number of aliphatic hydroxyl groups is 2. The van der Waals surface area contributed by atoms with Gasteiger partial charge >= 0.3 is 0 Å². The number of rotatable bonds is 28. The molecule has 0 atom stereocenters. The lowest BCUT2D eigenvalue weighted by molar-refractivity contribution is 0.254. The highest BCUT2D eigenvalue weighted by Gasteiger charge is 2.05. The molecular weight excluding hydrogens is 394 g/mol. The lowest BCUT2D eigenvalue weighted by atomic mass is 10.1. The molecule has 0 bridgehead atoms. The monoisotopic (exact) mass is 455 g/mol. The quantitative estimate of drug-likeness (QED) is 0.117. The Morgan fingerprint density at radius 1 is 0.344 bits per heavy atom. The molecule has 0 aromatic heterocycles. The highest BCUT2D eigenvalue weighted by Crippen LogP contribution is 2.13. The molecule has 0 heterocycles. The van der Waals surface area contributed by atoms with E-state index in [1.54, 1.807) is 0 Å². The van der Waals surface area contributed by atoms with Crippen molar-refractivity contribution in [3.63, 3.8) is 0 Å². The molecule has 0 saturated carbocycles. The van der Waals surface area contributed by atoms with E-state index in [1.165, 1.54) is 154 Å². The van der Waals surface area contributed by atoms with Crippen LogP contribution in [-0.4, -0.2) is 48.0 Å². The fourth-order valence-electron chi connectivity index (χ4n) is 4.64. The molecule has 32 heavy (non-hydrogen) atoms. The SMILES string of the molecule is CCCCCCCN(CCCCCCCCCCCO)CCCCCCCCCCCO. The molecule has 0 spiro atoms. The van der Waals surface area contributed by atoms with E-state index in [1.807, 2.05) is 0 Å². The number of hydrogen-bond donors (Lipinski definition) is 2. The van der Waals surface area contributed by atoms with Crippen molar-refractivity contribution in [2.75, 3.05) is 32.8 Å². The van der Waals surface area contributed by atoms with Crippen LogP contribution in [0.1, 0.15) is 155 Å². The molecule has 0 fully saturated rings. The minimum atomic E-state index is 0.362. The molecule has 3 nitrogen and oxygen atoms in total. The van der Waals surface area contributed by atoms with Crippen LogP contribution in [0.4, 0.5) is 0 Å². The van der Waals surface area contributed by atoms with Crippen LogP contribution in [0, 0.1) is 0 Å². The first-order valence-corrected chi connectivity index (χ1v) is 14.8. The van der Waals surface area contributed by atoms with E-state index in [0.29, 0.717) is 13.2 Å².